The second-order valence-electron chi connectivity index (χ2n) is 3.51. The van der Waals surface area contributed by atoms with Crippen molar-refractivity contribution in [2.75, 3.05) is 0 Å². The first kappa shape index (κ1) is 11.0. The molecule has 0 saturated heterocycles. The summed E-state index contributed by atoms with van der Waals surface area (Å²) in [7, 11) is 1.80. The van der Waals surface area contributed by atoms with Crippen LogP contribution in [0.5, 0.6) is 0 Å². The molecule has 0 spiro atoms. The van der Waals surface area contributed by atoms with Crippen LogP contribution in [0.15, 0.2) is 6.20 Å². The fraction of sp³-hybridized carbons (Fsp3) is 0.300. The van der Waals surface area contributed by atoms with Gasteiger partial charge >= 0.3 is 0 Å². The van der Waals surface area contributed by atoms with Gasteiger partial charge in [0.2, 0.25) is 5.28 Å². The van der Waals surface area contributed by atoms with Crippen molar-refractivity contribution in [1.82, 2.24) is 19.7 Å². The third kappa shape index (κ3) is 1.67. The Morgan fingerprint density at radius 3 is 2.62 bits per heavy atom. The Balaban J connectivity index is 2.71. The summed E-state index contributed by atoms with van der Waals surface area (Å²) >= 11 is 5.66. The molecule has 0 saturated carbocycles. The van der Waals surface area contributed by atoms with Crippen LogP contribution in [0.1, 0.15) is 11.4 Å². The van der Waals surface area contributed by atoms with Gasteiger partial charge in [-0.2, -0.15) is 5.10 Å². The summed E-state index contributed by atoms with van der Waals surface area (Å²) in [6.45, 7) is 3.66. The Labute approximate surface area is 97.1 Å². The van der Waals surface area contributed by atoms with E-state index in [9.17, 15) is 4.39 Å². The monoisotopic (exact) mass is 240 g/mol. The molecule has 0 N–H and O–H groups in total. The second-order valence-corrected chi connectivity index (χ2v) is 3.84. The van der Waals surface area contributed by atoms with E-state index >= 15 is 0 Å². The smallest absolute Gasteiger partial charge is 0.223 e. The normalized spacial score (nSPS) is 10.8. The Hall–Kier alpha value is -1.49. The first-order valence-electron chi connectivity index (χ1n) is 4.69. The summed E-state index contributed by atoms with van der Waals surface area (Å²) < 4.78 is 15.3. The standard InChI is InChI=1S/C10H10ClFN4/c1-5-8(6(2)16(3)15-5)9-7(12)4-13-10(11)14-9/h4H,1-3H3. The largest absolute Gasteiger partial charge is 0.272 e. The maximum Gasteiger partial charge on any atom is 0.223 e. The van der Waals surface area contributed by atoms with Gasteiger partial charge < -0.3 is 0 Å². The number of hydrogen-bond acceptors (Lipinski definition) is 3. The van der Waals surface area contributed by atoms with Gasteiger partial charge in [0.1, 0.15) is 5.69 Å². The van der Waals surface area contributed by atoms with Crippen LogP contribution < -0.4 is 0 Å². The zero-order valence-electron chi connectivity index (χ0n) is 9.12. The van der Waals surface area contributed by atoms with Crippen molar-refractivity contribution >= 4 is 11.6 Å². The number of aryl methyl sites for hydroxylation is 2. The lowest BCUT2D eigenvalue weighted by molar-refractivity contribution is 0.617. The lowest BCUT2D eigenvalue weighted by Gasteiger charge is -2.02. The molecule has 0 amide bonds. The molecule has 0 aliphatic carbocycles. The lowest BCUT2D eigenvalue weighted by Crippen LogP contribution is -1.96. The third-order valence-corrected chi connectivity index (χ3v) is 2.64. The predicted octanol–water partition coefficient (Wildman–Crippen LogP) is 2.29. The summed E-state index contributed by atoms with van der Waals surface area (Å²) in [5.74, 6) is -0.497. The van der Waals surface area contributed by atoms with Crippen molar-refractivity contribution < 1.29 is 4.39 Å². The molecule has 0 atom stereocenters. The van der Waals surface area contributed by atoms with Gasteiger partial charge in [0.25, 0.3) is 0 Å². The van der Waals surface area contributed by atoms with E-state index in [2.05, 4.69) is 15.1 Å². The summed E-state index contributed by atoms with van der Waals surface area (Å²) in [5.41, 5.74) is 2.42. The zero-order chi connectivity index (χ0) is 11.9. The van der Waals surface area contributed by atoms with E-state index in [1.807, 2.05) is 6.92 Å². The van der Waals surface area contributed by atoms with Crippen molar-refractivity contribution in [3.8, 4) is 11.3 Å². The van der Waals surface area contributed by atoms with Crippen molar-refractivity contribution in [2.45, 2.75) is 13.8 Å². The Morgan fingerprint density at radius 1 is 1.38 bits per heavy atom. The average Bonchev–Trinajstić information content (AvgIpc) is 2.46. The summed E-state index contributed by atoms with van der Waals surface area (Å²) in [6.07, 6.45) is 1.07. The van der Waals surface area contributed by atoms with Crippen LogP contribution in [0.4, 0.5) is 4.39 Å². The molecule has 2 aromatic rings. The highest BCUT2D eigenvalue weighted by atomic mass is 35.5. The molecular formula is C10H10ClFN4. The molecule has 4 nitrogen and oxygen atoms in total. The summed E-state index contributed by atoms with van der Waals surface area (Å²) in [5, 5.41) is 4.23. The topological polar surface area (TPSA) is 43.6 Å². The maximum atomic E-state index is 13.6. The highest BCUT2D eigenvalue weighted by Crippen LogP contribution is 2.27. The molecule has 0 radical (unpaired) electrons. The highest BCUT2D eigenvalue weighted by molar-refractivity contribution is 6.28. The Kier molecular flexibility index (Phi) is 2.63. The first-order chi connectivity index (χ1) is 7.50. The quantitative estimate of drug-likeness (QED) is 0.719. The molecule has 0 aliphatic rings. The number of nitrogens with zero attached hydrogens (tertiary/aromatic N) is 4. The molecule has 0 fully saturated rings. The fourth-order valence-corrected chi connectivity index (χ4v) is 1.77. The lowest BCUT2D eigenvalue weighted by atomic mass is 10.1. The van der Waals surface area contributed by atoms with E-state index in [1.165, 1.54) is 0 Å². The molecule has 0 aromatic carbocycles. The maximum absolute atomic E-state index is 13.6. The fourth-order valence-electron chi connectivity index (χ4n) is 1.64. The second kappa shape index (κ2) is 3.83. The van der Waals surface area contributed by atoms with Gasteiger partial charge in [-0.3, -0.25) is 4.68 Å². The molecular weight excluding hydrogens is 231 g/mol. The number of rotatable bonds is 1. The first-order valence-corrected chi connectivity index (χ1v) is 5.07. The predicted molar refractivity (Wildman–Crippen MR) is 58.7 cm³/mol. The van der Waals surface area contributed by atoms with Gasteiger partial charge in [0.15, 0.2) is 5.82 Å². The Morgan fingerprint density at radius 2 is 2.06 bits per heavy atom. The molecule has 6 heteroatoms. The number of hydrogen-bond donors (Lipinski definition) is 0. The minimum absolute atomic E-state index is 0.0269. The molecule has 16 heavy (non-hydrogen) atoms. The molecule has 0 aliphatic heterocycles. The van der Waals surface area contributed by atoms with E-state index in [0.717, 1.165) is 11.9 Å². The minimum Gasteiger partial charge on any atom is -0.272 e. The minimum atomic E-state index is -0.497. The third-order valence-electron chi connectivity index (χ3n) is 2.46. The van der Waals surface area contributed by atoms with Gasteiger partial charge in [-0.25, -0.2) is 14.4 Å². The molecule has 84 valence electrons. The zero-order valence-corrected chi connectivity index (χ0v) is 9.88. The molecule has 2 rings (SSSR count). The average molecular weight is 241 g/mol. The van der Waals surface area contributed by atoms with Crippen LogP contribution in [0.3, 0.4) is 0 Å². The van der Waals surface area contributed by atoms with Gasteiger partial charge in [-0.05, 0) is 25.4 Å². The van der Waals surface area contributed by atoms with Crippen LogP contribution in [0.25, 0.3) is 11.3 Å². The summed E-state index contributed by atoms with van der Waals surface area (Å²) in [4.78, 5) is 7.49. The molecule has 2 aromatic heterocycles. The van der Waals surface area contributed by atoms with Crippen molar-refractivity contribution in [3.63, 3.8) is 0 Å². The van der Waals surface area contributed by atoms with Gasteiger partial charge in [-0.1, -0.05) is 0 Å². The van der Waals surface area contributed by atoms with E-state index in [-0.39, 0.29) is 11.0 Å². The highest BCUT2D eigenvalue weighted by Gasteiger charge is 2.17. The molecule has 2 heterocycles. The van der Waals surface area contributed by atoms with Crippen molar-refractivity contribution in [3.05, 3.63) is 28.7 Å². The van der Waals surface area contributed by atoms with Gasteiger partial charge in [0.05, 0.1) is 11.9 Å². The van der Waals surface area contributed by atoms with Crippen LogP contribution in [-0.2, 0) is 7.05 Å². The van der Waals surface area contributed by atoms with Crippen molar-refractivity contribution in [2.24, 2.45) is 7.05 Å². The molecule has 0 unspecified atom stereocenters. The van der Waals surface area contributed by atoms with Gasteiger partial charge in [0, 0.05) is 18.3 Å². The number of halogens is 2. The van der Waals surface area contributed by atoms with Gasteiger partial charge in [-0.15, -0.1) is 0 Å². The van der Waals surface area contributed by atoms with Crippen LogP contribution in [-0.4, -0.2) is 19.7 Å². The number of aromatic nitrogens is 4. The van der Waals surface area contributed by atoms with E-state index < -0.39 is 5.82 Å². The SMILES string of the molecule is Cc1nn(C)c(C)c1-c1nc(Cl)ncc1F. The molecule has 0 bridgehead atoms. The van der Waals surface area contributed by atoms with Crippen LogP contribution in [0, 0.1) is 19.7 Å². The summed E-state index contributed by atoms with van der Waals surface area (Å²) in [6, 6.07) is 0. The Bertz CT molecular complexity index is 550. The van der Waals surface area contributed by atoms with Crippen LogP contribution in [0.2, 0.25) is 5.28 Å². The van der Waals surface area contributed by atoms with E-state index in [0.29, 0.717) is 11.3 Å². The van der Waals surface area contributed by atoms with E-state index in [4.69, 9.17) is 11.6 Å². The van der Waals surface area contributed by atoms with Crippen molar-refractivity contribution in [1.29, 1.82) is 0 Å². The van der Waals surface area contributed by atoms with E-state index in [1.54, 1.807) is 18.7 Å². The van der Waals surface area contributed by atoms with Crippen LogP contribution >= 0.6 is 11.6 Å².